The van der Waals surface area contributed by atoms with Gasteiger partial charge in [0.05, 0.1) is 19.3 Å². The Morgan fingerprint density at radius 3 is 2.68 bits per heavy atom. The average Bonchev–Trinajstić information content (AvgIpc) is 3.44. The highest BCUT2D eigenvalue weighted by Crippen LogP contribution is 2.31. The molecular weight excluding hydrogens is 392 g/mol. The van der Waals surface area contributed by atoms with E-state index in [1.165, 1.54) is 7.11 Å². The van der Waals surface area contributed by atoms with Crippen LogP contribution in [-0.2, 0) is 9.53 Å². The Balaban J connectivity index is 1.71. The van der Waals surface area contributed by atoms with Gasteiger partial charge in [0.25, 0.3) is 0 Å². The molecule has 160 valence electrons. The number of nitrogens with zero attached hydrogens (tertiary/aromatic N) is 2. The summed E-state index contributed by atoms with van der Waals surface area (Å²) in [6.07, 6.45) is 2.70. The number of carbonyl (C=O) groups excluding carboxylic acids is 2. The molecule has 7 heteroatoms. The monoisotopic (exact) mass is 418 g/mol. The maximum atomic E-state index is 13.1. The highest BCUT2D eigenvalue weighted by molar-refractivity contribution is 5.86. The number of rotatable bonds is 4. The number of nitrogens with one attached hydrogen (secondary N) is 2. The first-order chi connectivity index (χ1) is 15.0. The first-order valence-corrected chi connectivity index (χ1v) is 10.3. The molecule has 2 aromatic rings. The Labute approximate surface area is 182 Å². The maximum Gasteiger partial charge on any atom is 0.407 e. The molecule has 0 aliphatic carbocycles. The van der Waals surface area contributed by atoms with Crippen LogP contribution in [0.25, 0.3) is 0 Å². The Bertz CT molecular complexity index is 1040. The summed E-state index contributed by atoms with van der Waals surface area (Å²) in [4.78, 5) is 34.2. The van der Waals surface area contributed by atoms with Crippen LogP contribution in [0.4, 0.5) is 4.79 Å². The van der Waals surface area contributed by atoms with E-state index in [1.54, 1.807) is 11.1 Å². The normalized spacial score (nSPS) is 16.0. The number of aromatic amines is 1. The van der Waals surface area contributed by atoms with Crippen molar-refractivity contribution in [1.29, 1.82) is 0 Å². The fourth-order valence-corrected chi connectivity index (χ4v) is 3.49. The Morgan fingerprint density at radius 2 is 1.97 bits per heavy atom. The van der Waals surface area contributed by atoms with Crippen molar-refractivity contribution in [3.05, 3.63) is 53.6 Å². The number of H-pyrrole nitrogens is 1. The quantitative estimate of drug-likeness (QED) is 0.748. The topological polar surface area (TPSA) is 87.3 Å². The molecular formula is C24H26N4O3. The largest absolute Gasteiger partial charge is 0.453 e. The number of alkyl carbamates (subject to hydrolysis) is 1. The minimum Gasteiger partial charge on any atom is -0.453 e. The summed E-state index contributed by atoms with van der Waals surface area (Å²) >= 11 is 0. The summed E-state index contributed by atoms with van der Waals surface area (Å²) in [5, 5.41) is 2.65. The number of methoxy groups -OCH3 is 1. The molecule has 1 aromatic heterocycles. The van der Waals surface area contributed by atoms with E-state index in [1.807, 2.05) is 44.2 Å². The third kappa shape index (κ3) is 5.67. The van der Waals surface area contributed by atoms with E-state index in [0.29, 0.717) is 18.1 Å². The molecule has 2 atom stereocenters. The number of imidazole rings is 1. The molecule has 7 nitrogen and oxygen atoms in total. The molecule has 1 saturated heterocycles. The van der Waals surface area contributed by atoms with Gasteiger partial charge >= 0.3 is 6.09 Å². The first-order valence-electron chi connectivity index (χ1n) is 10.3. The lowest BCUT2D eigenvalue weighted by molar-refractivity contribution is -0.135. The lowest BCUT2D eigenvalue weighted by atomic mass is 10.0. The summed E-state index contributed by atoms with van der Waals surface area (Å²) in [6, 6.07) is 8.81. The van der Waals surface area contributed by atoms with Gasteiger partial charge in [-0.1, -0.05) is 38.0 Å². The number of hydrogen-bond acceptors (Lipinski definition) is 4. The average molecular weight is 418 g/mol. The van der Waals surface area contributed by atoms with Crippen molar-refractivity contribution in [3.8, 4) is 23.7 Å². The van der Waals surface area contributed by atoms with Crippen molar-refractivity contribution >= 4 is 12.0 Å². The second-order valence-electron chi connectivity index (χ2n) is 7.60. The first kappa shape index (κ1) is 22.0. The molecule has 0 saturated carbocycles. The highest BCUT2D eigenvalue weighted by atomic mass is 16.5. The van der Waals surface area contributed by atoms with Gasteiger partial charge in [-0.25, -0.2) is 9.78 Å². The Hall–Kier alpha value is -3.71. The minimum atomic E-state index is -0.657. The van der Waals surface area contributed by atoms with Gasteiger partial charge in [0, 0.05) is 12.1 Å². The number of likely N-dealkylation sites (tertiary alicyclic amines) is 1. The van der Waals surface area contributed by atoms with Crippen LogP contribution in [0.1, 0.15) is 49.8 Å². The molecule has 0 radical (unpaired) electrons. The van der Waals surface area contributed by atoms with E-state index >= 15 is 0 Å². The van der Waals surface area contributed by atoms with Crippen LogP contribution in [0, 0.1) is 29.6 Å². The molecule has 2 heterocycles. The molecule has 2 amide bonds. The molecule has 1 aliphatic rings. The van der Waals surface area contributed by atoms with Gasteiger partial charge in [0.15, 0.2) is 0 Å². The number of hydrogen-bond donors (Lipinski definition) is 2. The van der Waals surface area contributed by atoms with Gasteiger partial charge in [0.2, 0.25) is 5.91 Å². The highest BCUT2D eigenvalue weighted by Gasteiger charge is 2.37. The van der Waals surface area contributed by atoms with E-state index in [0.717, 1.165) is 18.4 Å². The molecule has 1 aliphatic heterocycles. The van der Waals surface area contributed by atoms with Crippen molar-refractivity contribution in [3.63, 3.8) is 0 Å². The maximum absolute atomic E-state index is 13.1. The molecule has 2 N–H and O–H groups in total. The predicted molar refractivity (Wildman–Crippen MR) is 117 cm³/mol. The number of benzene rings is 1. The van der Waals surface area contributed by atoms with Gasteiger partial charge in [-0.3, -0.25) is 4.79 Å². The summed E-state index contributed by atoms with van der Waals surface area (Å²) in [5.41, 5.74) is 1.55. The van der Waals surface area contributed by atoms with E-state index < -0.39 is 12.1 Å². The van der Waals surface area contributed by atoms with Gasteiger partial charge in [-0.15, -0.1) is 0 Å². The van der Waals surface area contributed by atoms with Crippen LogP contribution in [0.15, 0.2) is 36.5 Å². The van der Waals surface area contributed by atoms with Crippen LogP contribution in [-0.4, -0.2) is 46.6 Å². The van der Waals surface area contributed by atoms with E-state index in [9.17, 15) is 9.59 Å². The van der Waals surface area contributed by atoms with Gasteiger partial charge in [-0.05, 0) is 48.7 Å². The summed E-state index contributed by atoms with van der Waals surface area (Å²) in [5.74, 6) is 12.1. The van der Waals surface area contributed by atoms with E-state index in [-0.39, 0.29) is 17.9 Å². The lowest BCUT2D eigenvalue weighted by Gasteiger charge is -2.29. The van der Waals surface area contributed by atoms with Crippen LogP contribution >= 0.6 is 0 Å². The smallest absolute Gasteiger partial charge is 0.407 e. The van der Waals surface area contributed by atoms with E-state index in [4.69, 9.17) is 0 Å². The number of ether oxygens (including phenoxy) is 1. The third-order valence-electron chi connectivity index (χ3n) is 5.08. The fourth-order valence-electron chi connectivity index (χ4n) is 3.49. The lowest BCUT2D eigenvalue weighted by Crippen LogP contribution is -2.51. The van der Waals surface area contributed by atoms with Crippen LogP contribution in [0.2, 0.25) is 0 Å². The van der Waals surface area contributed by atoms with Gasteiger partial charge in [0.1, 0.15) is 17.6 Å². The fraction of sp³-hybridized carbons (Fsp3) is 0.375. The van der Waals surface area contributed by atoms with Crippen LogP contribution in [0.3, 0.4) is 0 Å². The Morgan fingerprint density at radius 1 is 1.23 bits per heavy atom. The second-order valence-corrected chi connectivity index (χ2v) is 7.60. The van der Waals surface area contributed by atoms with Crippen LogP contribution < -0.4 is 5.32 Å². The summed E-state index contributed by atoms with van der Waals surface area (Å²) < 4.78 is 4.67. The standard InChI is InChI=1S/C24H26N4O3/c1-17(2)21(27-24(30)31-3)23(29)28-15-9-14-20(28)22-25-16-19(26-22)13-8-7-12-18-10-5-4-6-11-18/h4-6,10-11,16-17,20-21H,9,14-15H2,1-3H3,(H,25,26)(H,27,30)/t20-,21-/m1/s1. The zero-order valence-corrected chi connectivity index (χ0v) is 17.9. The molecule has 1 aromatic carbocycles. The molecule has 3 rings (SSSR count). The molecule has 0 bridgehead atoms. The van der Waals surface area contributed by atoms with Gasteiger partial charge in [-0.2, -0.15) is 0 Å². The van der Waals surface area contributed by atoms with E-state index in [2.05, 4.69) is 43.7 Å². The summed E-state index contributed by atoms with van der Waals surface area (Å²) in [6.45, 7) is 4.39. The number of amides is 2. The minimum absolute atomic E-state index is 0.0749. The van der Waals surface area contributed by atoms with Crippen molar-refractivity contribution in [2.24, 2.45) is 5.92 Å². The second kappa shape index (κ2) is 10.4. The van der Waals surface area contributed by atoms with Gasteiger partial charge < -0.3 is 19.9 Å². The van der Waals surface area contributed by atoms with Crippen molar-refractivity contribution < 1.29 is 14.3 Å². The zero-order valence-electron chi connectivity index (χ0n) is 17.9. The number of carbonyl (C=O) groups is 2. The molecule has 0 unspecified atom stereocenters. The van der Waals surface area contributed by atoms with Crippen molar-refractivity contribution in [1.82, 2.24) is 20.2 Å². The van der Waals surface area contributed by atoms with Crippen molar-refractivity contribution in [2.45, 2.75) is 38.8 Å². The SMILES string of the molecule is COC(=O)N[C@@H](C(=O)N1CCC[C@@H]1c1ncc(C#CC#Cc2ccccc2)[nH]1)C(C)C. The molecule has 0 spiro atoms. The summed E-state index contributed by atoms with van der Waals surface area (Å²) in [7, 11) is 1.28. The third-order valence-corrected chi connectivity index (χ3v) is 5.08. The number of aromatic nitrogens is 2. The molecule has 31 heavy (non-hydrogen) atoms. The Kier molecular flexibility index (Phi) is 7.35. The molecule has 1 fully saturated rings. The van der Waals surface area contributed by atoms with Crippen LogP contribution in [0.5, 0.6) is 0 Å². The van der Waals surface area contributed by atoms with Crippen molar-refractivity contribution in [2.75, 3.05) is 13.7 Å². The predicted octanol–water partition coefficient (Wildman–Crippen LogP) is 2.86. The zero-order chi connectivity index (χ0) is 22.2.